The van der Waals surface area contributed by atoms with Gasteiger partial charge in [-0.25, -0.2) is 0 Å². The number of hydrogen-bond acceptors (Lipinski definition) is 3. The molecule has 0 aromatic carbocycles. The molecule has 18 heavy (non-hydrogen) atoms. The standard InChI is InChI=1S/C13H24N2O3/c1-14(2)12(16)4-3-7-15-8-5-11(6-9-15)10-13(17)18/h11H,3-10H2,1-2H3,(H,17,18). The van der Waals surface area contributed by atoms with Crippen molar-refractivity contribution in [2.24, 2.45) is 5.92 Å². The van der Waals surface area contributed by atoms with Crippen molar-refractivity contribution in [3.8, 4) is 0 Å². The zero-order valence-corrected chi connectivity index (χ0v) is 11.4. The molecule has 1 aliphatic heterocycles. The van der Waals surface area contributed by atoms with Crippen molar-refractivity contribution in [2.45, 2.75) is 32.1 Å². The molecule has 0 spiro atoms. The lowest BCUT2D eigenvalue weighted by Gasteiger charge is -2.31. The van der Waals surface area contributed by atoms with Gasteiger partial charge in [-0.1, -0.05) is 0 Å². The van der Waals surface area contributed by atoms with E-state index < -0.39 is 5.97 Å². The summed E-state index contributed by atoms with van der Waals surface area (Å²) in [6, 6.07) is 0. The second-order valence-electron chi connectivity index (χ2n) is 5.27. The largest absolute Gasteiger partial charge is 0.481 e. The summed E-state index contributed by atoms with van der Waals surface area (Å²) in [5, 5.41) is 8.73. The number of carboxylic acid groups (broad SMARTS) is 1. The Kier molecular flexibility index (Phi) is 6.12. The number of hydrogen-bond donors (Lipinski definition) is 1. The van der Waals surface area contributed by atoms with E-state index in [1.807, 2.05) is 0 Å². The van der Waals surface area contributed by atoms with Crippen LogP contribution in [0.5, 0.6) is 0 Å². The maximum absolute atomic E-state index is 11.4. The first kappa shape index (κ1) is 15.0. The monoisotopic (exact) mass is 256 g/mol. The van der Waals surface area contributed by atoms with Crippen LogP contribution in [0, 0.1) is 5.92 Å². The predicted molar refractivity (Wildman–Crippen MR) is 69.3 cm³/mol. The van der Waals surface area contributed by atoms with Gasteiger partial charge in [0.15, 0.2) is 0 Å². The zero-order valence-electron chi connectivity index (χ0n) is 11.4. The van der Waals surface area contributed by atoms with E-state index in [-0.39, 0.29) is 5.91 Å². The number of carbonyl (C=O) groups is 2. The molecule has 0 saturated carbocycles. The Labute approximate surface area is 109 Å². The van der Waals surface area contributed by atoms with Crippen LogP contribution < -0.4 is 0 Å². The van der Waals surface area contributed by atoms with Crippen molar-refractivity contribution in [3.63, 3.8) is 0 Å². The van der Waals surface area contributed by atoms with Crippen molar-refractivity contribution in [1.29, 1.82) is 0 Å². The van der Waals surface area contributed by atoms with Gasteiger partial charge in [0.25, 0.3) is 0 Å². The van der Waals surface area contributed by atoms with E-state index in [9.17, 15) is 9.59 Å². The van der Waals surface area contributed by atoms with E-state index in [0.29, 0.717) is 18.8 Å². The third-order valence-corrected chi connectivity index (χ3v) is 3.53. The molecule has 1 N–H and O–H groups in total. The van der Waals surface area contributed by atoms with E-state index in [2.05, 4.69) is 4.90 Å². The molecule has 1 amide bonds. The highest BCUT2D eigenvalue weighted by Crippen LogP contribution is 2.20. The van der Waals surface area contributed by atoms with Crippen molar-refractivity contribution in [3.05, 3.63) is 0 Å². The fourth-order valence-electron chi connectivity index (χ4n) is 2.34. The highest BCUT2D eigenvalue weighted by atomic mass is 16.4. The molecule has 0 radical (unpaired) electrons. The summed E-state index contributed by atoms with van der Waals surface area (Å²) < 4.78 is 0. The second kappa shape index (κ2) is 7.36. The average Bonchev–Trinajstić information content (AvgIpc) is 2.30. The van der Waals surface area contributed by atoms with Gasteiger partial charge in [-0.15, -0.1) is 0 Å². The molecular formula is C13H24N2O3. The van der Waals surface area contributed by atoms with E-state index in [1.54, 1.807) is 19.0 Å². The molecule has 0 atom stereocenters. The number of aliphatic carboxylic acids is 1. The molecule has 0 aliphatic carbocycles. The van der Waals surface area contributed by atoms with E-state index in [4.69, 9.17) is 5.11 Å². The number of rotatable bonds is 6. The lowest BCUT2D eigenvalue weighted by atomic mass is 9.93. The maximum atomic E-state index is 11.4. The van der Waals surface area contributed by atoms with Crippen LogP contribution in [0.4, 0.5) is 0 Å². The number of carboxylic acids is 1. The van der Waals surface area contributed by atoms with Crippen LogP contribution in [-0.4, -0.2) is 60.5 Å². The van der Waals surface area contributed by atoms with Gasteiger partial charge in [0.05, 0.1) is 0 Å². The third kappa shape index (κ3) is 5.49. The van der Waals surface area contributed by atoms with Gasteiger partial charge in [-0.05, 0) is 44.8 Å². The summed E-state index contributed by atoms with van der Waals surface area (Å²) in [4.78, 5) is 26.0. The summed E-state index contributed by atoms with van der Waals surface area (Å²) in [5.41, 5.74) is 0. The van der Waals surface area contributed by atoms with Gasteiger partial charge < -0.3 is 14.9 Å². The van der Waals surface area contributed by atoms with Crippen molar-refractivity contribution in [1.82, 2.24) is 9.80 Å². The maximum Gasteiger partial charge on any atom is 0.303 e. The SMILES string of the molecule is CN(C)C(=O)CCCN1CCC(CC(=O)O)CC1. The number of carbonyl (C=O) groups excluding carboxylic acids is 1. The Morgan fingerprint density at radius 2 is 1.89 bits per heavy atom. The van der Waals surface area contributed by atoms with Gasteiger partial charge in [-0.2, -0.15) is 0 Å². The quantitative estimate of drug-likeness (QED) is 0.771. The van der Waals surface area contributed by atoms with Crippen molar-refractivity contribution >= 4 is 11.9 Å². The topological polar surface area (TPSA) is 60.9 Å². The fourth-order valence-corrected chi connectivity index (χ4v) is 2.34. The van der Waals surface area contributed by atoms with Gasteiger partial charge in [0, 0.05) is 26.9 Å². The molecule has 1 rings (SSSR count). The first-order chi connectivity index (χ1) is 8.49. The molecule has 0 aromatic heterocycles. The highest BCUT2D eigenvalue weighted by Gasteiger charge is 2.20. The molecule has 1 aliphatic rings. The first-order valence-electron chi connectivity index (χ1n) is 6.63. The van der Waals surface area contributed by atoms with Gasteiger partial charge in [0.1, 0.15) is 0 Å². The lowest BCUT2D eigenvalue weighted by Crippen LogP contribution is -2.35. The minimum absolute atomic E-state index is 0.177. The summed E-state index contributed by atoms with van der Waals surface area (Å²) >= 11 is 0. The third-order valence-electron chi connectivity index (χ3n) is 3.53. The molecule has 5 heteroatoms. The molecule has 5 nitrogen and oxygen atoms in total. The van der Waals surface area contributed by atoms with Crippen molar-refractivity contribution < 1.29 is 14.7 Å². The predicted octanol–water partition coefficient (Wildman–Crippen LogP) is 1.04. The molecule has 1 heterocycles. The number of amides is 1. The van der Waals surface area contributed by atoms with Gasteiger partial charge in [0.2, 0.25) is 5.91 Å². The zero-order chi connectivity index (χ0) is 13.5. The van der Waals surface area contributed by atoms with E-state index in [1.165, 1.54) is 0 Å². The molecule has 1 saturated heterocycles. The normalized spacial score (nSPS) is 17.7. The van der Waals surface area contributed by atoms with Crippen LogP contribution in [0.3, 0.4) is 0 Å². The lowest BCUT2D eigenvalue weighted by molar-refractivity contribution is -0.138. The molecular weight excluding hydrogens is 232 g/mol. The smallest absolute Gasteiger partial charge is 0.303 e. The summed E-state index contributed by atoms with van der Waals surface area (Å²) in [5.74, 6) is -0.178. The van der Waals surface area contributed by atoms with Crippen LogP contribution in [0.25, 0.3) is 0 Å². The van der Waals surface area contributed by atoms with Crippen LogP contribution in [0.1, 0.15) is 32.1 Å². The number of nitrogens with zero attached hydrogens (tertiary/aromatic N) is 2. The Morgan fingerprint density at radius 1 is 1.28 bits per heavy atom. The number of piperidine rings is 1. The van der Waals surface area contributed by atoms with Gasteiger partial charge >= 0.3 is 5.97 Å². The van der Waals surface area contributed by atoms with E-state index >= 15 is 0 Å². The summed E-state index contributed by atoms with van der Waals surface area (Å²) in [6.45, 7) is 2.88. The summed E-state index contributed by atoms with van der Waals surface area (Å²) in [7, 11) is 3.56. The molecule has 1 fully saturated rings. The first-order valence-corrected chi connectivity index (χ1v) is 6.63. The van der Waals surface area contributed by atoms with Crippen LogP contribution in [0.15, 0.2) is 0 Å². The highest BCUT2D eigenvalue weighted by molar-refractivity contribution is 5.75. The van der Waals surface area contributed by atoms with Crippen LogP contribution in [-0.2, 0) is 9.59 Å². The minimum atomic E-state index is -0.690. The number of likely N-dealkylation sites (tertiary alicyclic amines) is 1. The summed E-state index contributed by atoms with van der Waals surface area (Å²) in [6.07, 6.45) is 3.72. The molecule has 0 unspecified atom stereocenters. The fraction of sp³-hybridized carbons (Fsp3) is 0.846. The minimum Gasteiger partial charge on any atom is -0.481 e. The molecule has 104 valence electrons. The average molecular weight is 256 g/mol. The van der Waals surface area contributed by atoms with Crippen molar-refractivity contribution in [2.75, 3.05) is 33.7 Å². The Bertz CT molecular complexity index is 284. The Hall–Kier alpha value is -1.10. The van der Waals surface area contributed by atoms with Crippen LogP contribution >= 0.6 is 0 Å². The van der Waals surface area contributed by atoms with Crippen LogP contribution in [0.2, 0.25) is 0 Å². The Balaban J connectivity index is 2.12. The Morgan fingerprint density at radius 3 is 2.39 bits per heavy atom. The van der Waals surface area contributed by atoms with E-state index in [0.717, 1.165) is 38.9 Å². The molecule has 0 aromatic rings. The second-order valence-corrected chi connectivity index (χ2v) is 5.27. The molecule has 0 bridgehead atoms. The van der Waals surface area contributed by atoms with Gasteiger partial charge in [-0.3, -0.25) is 9.59 Å².